The molecular weight excluding hydrogens is 447 g/mol. The number of carbonyl (C=O) groups excluding carboxylic acids is 1. The van der Waals surface area contributed by atoms with Gasteiger partial charge in [-0.15, -0.1) is 0 Å². The van der Waals surface area contributed by atoms with Gasteiger partial charge in [0.15, 0.2) is 5.69 Å². The summed E-state index contributed by atoms with van der Waals surface area (Å²) in [5, 5.41) is 13.3. The SMILES string of the molecule is O=C(c1cc(O)ccc1F)N1CC2(CC(n3nc(C(F)(F)F)cc3-c3cncc(F)c3)C2)C1. The lowest BCUT2D eigenvalue weighted by Gasteiger charge is -2.59. The molecule has 2 aliphatic rings. The Morgan fingerprint density at radius 1 is 1.09 bits per heavy atom. The zero-order valence-electron chi connectivity index (χ0n) is 17.0. The van der Waals surface area contributed by atoms with Crippen molar-refractivity contribution >= 4 is 5.91 Å². The number of benzene rings is 1. The third-order valence-corrected chi connectivity index (χ3v) is 6.23. The monoisotopic (exact) mass is 464 g/mol. The van der Waals surface area contributed by atoms with E-state index in [0.29, 0.717) is 25.9 Å². The van der Waals surface area contributed by atoms with Gasteiger partial charge in [-0.25, -0.2) is 8.78 Å². The Kier molecular flexibility index (Phi) is 4.69. The number of hydrogen-bond donors (Lipinski definition) is 1. The molecule has 5 rings (SSSR count). The van der Waals surface area contributed by atoms with Crippen LogP contribution in [0.1, 0.15) is 34.9 Å². The molecule has 1 amide bonds. The van der Waals surface area contributed by atoms with E-state index in [0.717, 1.165) is 36.5 Å². The number of aromatic hydroxyl groups is 1. The molecule has 1 spiro atoms. The van der Waals surface area contributed by atoms with Crippen LogP contribution in [0.25, 0.3) is 11.3 Å². The number of pyridine rings is 1. The Hall–Kier alpha value is -3.50. The van der Waals surface area contributed by atoms with Crippen molar-refractivity contribution < 1.29 is 31.9 Å². The number of rotatable bonds is 3. The fourth-order valence-corrected chi connectivity index (χ4v) is 4.70. The molecule has 1 aliphatic carbocycles. The predicted molar refractivity (Wildman–Crippen MR) is 105 cm³/mol. The number of aromatic nitrogens is 3. The Balaban J connectivity index is 1.33. The molecule has 3 aromatic rings. The number of halogens is 5. The lowest BCUT2D eigenvalue weighted by atomic mass is 9.60. The minimum Gasteiger partial charge on any atom is -0.508 e. The van der Waals surface area contributed by atoms with Crippen LogP contribution < -0.4 is 0 Å². The number of carbonyl (C=O) groups is 1. The molecule has 0 unspecified atom stereocenters. The van der Waals surface area contributed by atoms with E-state index in [1.54, 1.807) is 0 Å². The summed E-state index contributed by atoms with van der Waals surface area (Å²) < 4.78 is 68.7. The lowest BCUT2D eigenvalue weighted by Crippen LogP contribution is -2.64. The molecule has 1 aliphatic heterocycles. The highest BCUT2D eigenvalue weighted by molar-refractivity contribution is 5.95. The Morgan fingerprint density at radius 3 is 2.48 bits per heavy atom. The van der Waals surface area contributed by atoms with Crippen molar-refractivity contribution in [2.24, 2.45) is 5.41 Å². The van der Waals surface area contributed by atoms with Crippen LogP contribution >= 0.6 is 0 Å². The zero-order valence-corrected chi connectivity index (χ0v) is 17.0. The van der Waals surface area contributed by atoms with Crippen molar-refractivity contribution in [1.29, 1.82) is 0 Å². The molecule has 1 saturated heterocycles. The topological polar surface area (TPSA) is 71.2 Å². The number of likely N-dealkylation sites (tertiary alicyclic amines) is 1. The first-order chi connectivity index (χ1) is 15.5. The second-order valence-corrected chi connectivity index (χ2v) is 8.64. The van der Waals surface area contributed by atoms with Crippen LogP contribution in [0, 0.1) is 17.0 Å². The number of hydrogen-bond acceptors (Lipinski definition) is 4. The molecule has 1 saturated carbocycles. The minimum absolute atomic E-state index is 0.114. The van der Waals surface area contributed by atoms with Gasteiger partial charge in [0.1, 0.15) is 17.4 Å². The molecular formula is C22H17F5N4O2. The summed E-state index contributed by atoms with van der Waals surface area (Å²) in [6.45, 7) is 0.642. The van der Waals surface area contributed by atoms with Gasteiger partial charge < -0.3 is 10.0 Å². The zero-order chi connectivity index (χ0) is 23.5. The Labute approximate surface area is 184 Å². The third-order valence-electron chi connectivity index (χ3n) is 6.23. The van der Waals surface area contributed by atoms with Gasteiger partial charge >= 0.3 is 6.18 Å². The van der Waals surface area contributed by atoms with Gasteiger partial charge in [0.25, 0.3) is 5.91 Å². The maximum Gasteiger partial charge on any atom is 0.435 e. The molecule has 3 heterocycles. The molecule has 11 heteroatoms. The first-order valence-corrected chi connectivity index (χ1v) is 10.1. The summed E-state index contributed by atoms with van der Waals surface area (Å²) in [4.78, 5) is 17.7. The van der Waals surface area contributed by atoms with Crippen molar-refractivity contribution in [3.8, 4) is 17.0 Å². The summed E-state index contributed by atoms with van der Waals surface area (Å²) in [7, 11) is 0. The molecule has 1 N–H and O–H groups in total. The average Bonchev–Trinajstić information content (AvgIpc) is 3.13. The molecule has 33 heavy (non-hydrogen) atoms. The highest BCUT2D eigenvalue weighted by Gasteiger charge is 2.55. The van der Waals surface area contributed by atoms with Crippen molar-refractivity contribution in [1.82, 2.24) is 19.7 Å². The predicted octanol–water partition coefficient (Wildman–Crippen LogP) is 4.43. The lowest BCUT2D eigenvalue weighted by molar-refractivity contribution is -0.142. The van der Waals surface area contributed by atoms with Crippen LogP contribution in [-0.4, -0.2) is 43.8 Å². The second kappa shape index (κ2) is 7.26. The molecule has 0 atom stereocenters. The quantitative estimate of drug-likeness (QED) is 0.583. The summed E-state index contributed by atoms with van der Waals surface area (Å²) in [6.07, 6.45) is -1.49. The molecule has 2 aromatic heterocycles. The highest BCUT2D eigenvalue weighted by atomic mass is 19.4. The first kappa shape index (κ1) is 21.4. The van der Waals surface area contributed by atoms with Crippen LogP contribution in [0.2, 0.25) is 0 Å². The smallest absolute Gasteiger partial charge is 0.435 e. The standard InChI is InChI=1S/C22H17F5N4O2/c23-13-3-12(8-28-9-13)18-5-19(22(25,26)27)29-31(18)14-6-21(7-14)10-30(11-21)20(33)16-4-15(32)1-2-17(16)24/h1-5,8-9,14,32H,6-7,10-11H2. The highest BCUT2D eigenvalue weighted by Crippen LogP contribution is 2.55. The number of phenols is 1. The molecule has 0 radical (unpaired) electrons. The van der Waals surface area contributed by atoms with Gasteiger partial charge in [0, 0.05) is 30.3 Å². The van der Waals surface area contributed by atoms with E-state index in [9.17, 15) is 31.9 Å². The second-order valence-electron chi connectivity index (χ2n) is 8.64. The van der Waals surface area contributed by atoms with Gasteiger partial charge in [-0.05, 0) is 43.2 Å². The van der Waals surface area contributed by atoms with E-state index in [1.807, 2.05) is 0 Å². The summed E-state index contributed by atoms with van der Waals surface area (Å²) in [6, 6.07) is 4.83. The minimum atomic E-state index is -4.66. The van der Waals surface area contributed by atoms with Gasteiger partial charge in [-0.1, -0.05) is 0 Å². The van der Waals surface area contributed by atoms with E-state index in [1.165, 1.54) is 15.8 Å². The van der Waals surface area contributed by atoms with Crippen LogP contribution in [0.15, 0.2) is 42.7 Å². The molecule has 0 bridgehead atoms. The summed E-state index contributed by atoms with van der Waals surface area (Å²) in [5.74, 6) is -2.19. The Bertz CT molecular complexity index is 1240. The van der Waals surface area contributed by atoms with E-state index in [4.69, 9.17) is 0 Å². The largest absolute Gasteiger partial charge is 0.508 e. The van der Waals surface area contributed by atoms with Crippen LogP contribution in [-0.2, 0) is 6.18 Å². The Morgan fingerprint density at radius 2 is 1.82 bits per heavy atom. The van der Waals surface area contributed by atoms with Gasteiger partial charge in [0.2, 0.25) is 0 Å². The molecule has 1 aromatic carbocycles. The van der Waals surface area contributed by atoms with E-state index in [-0.39, 0.29) is 34.0 Å². The van der Waals surface area contributed by atoms with Crippen LogP contribution in [0.4, 0.5) is 22.0 Å². The van der Waals surface area contributed by atoms with Gasteiger partial charge in [-0.2, -0.15) is 18.3 Å². The van der Waals surface area contributed by atoms with Crippen molar-refractivity contribution in [3.05, 3.63) is 65.6 Å². The van der Waals surface area contributed by atoms with Crippen molar-refractivity contribution in [3.63, 3.8) is 0 Å². The fourth-order valence-electron chi connectivity index (χ4n) is 4.70. The first-order valence-electron chi connectivity index (χ1n) is 10.1. The molecule has 6 nitrogen and oxygen atoms in total. The van der Waals surface area contributed by atoms with Gasteiger partial charge in [-0.3, -0.25) is 14.5 Å². The maximum absolute atomic E-state index is 14.0. The third kappa shape index (κ3) is 3.70. The number of nitrogens with zero attached hydrogens (tertiary/aromatic N) is 4. The van der Waals surface area contributed by atoms with E-state index in [2.05, 4.69) is 10.1 Å². The average molecular weight is 464 g/mol. The number of phenolic OH excluding ortho intramolecular Hbond substituents is 1. The molecule has 172 valence electrons. The maximum atomic E-state index is 14.0. The van der Waals surface area contributed by atoms with Crippen LogP contribution in [0.5, 0.6) is 5.75 Å². The number of amides is 1. The van der Waals surface area contributed by atoms with Crippen molar-refractivity contribution in [2.75, 3.05) is 13.1 Å². The van der Waals surface area contributed by atoms with E-state index < -0.39 is 29.4 Å². The van der Waals surface area contributed by atoms with Crippen LogP contribution in [0.3, 0.4) is 0 Å². The fraction of sp³-hybridized carbons (Fsp3) is 0.318. The number of alkyl halides is 3. The molecule has 2 fully saturated rings. The van der Waals surface area contributed by atoms with E-state index >= 15 is 0 Å². The summed E-state index contributed by atoms with van der Waals surface area (Å²) in [5.41, 5.74) is -1.31. The normalized spacial score (nSPS) is 17.7. The summed E-state index contributed by atoms with van der Waals surface area (Å²) >= 11 is 0. The van der Waals surface area contributed by atoms with Crippen molar-refractivity contribution in [2.45, 2.75) is 25.1 Å². The van der Waals surface area contributed by atoms with Gasteiger partial charge in [0.05, 0.1) is 23.5 Å².